The molecule has 0 fully saturated rings. The molecule has 3 aromatic rings. The molecule has 3 rings (SSSR count). The van der Waals surface area contributed by atoms with Crippen LogP contribution in [0, 0.1) is 0 Å². The third kappa shape index (κ3) is 4.56. The van der Waals surface area contributed by atoms with Crippen molar-refractivity contribution in [1.82, 2.24) is 9.97 Å². The summed E-state index contributed by atoms with van der Waals surface area (Å²) in [5.41, 5.74) is 3.19. The topological polar surface area (TPSA) is 96.4 Å². The molecule has 3 N–H and O–H groups in total. The van der Waals surface area contributed by atoms with Crippen LogP contribution >= 0.6 is 0 Å². The van der Waals surface area contributed by atoms with Crippen LogP contribution in [0.15, 0.2) is 54.9 Å². The maximum atomic E-state index is 11.3. The fourth-order valence-electron chi connectivity index (χ4n) is 2.81. The Labute approximate surface area is 163 Å². The van der Waals surface area contributed by atoms with Crippen LogP contribution in [0.3, 0.4) is 0 Å². The summed E-state index contributed by atoms with van der Waals surface area (Å²) in [5, 5.41) is 15.9. The normalized spacial score (nSPS) is 11.5. The first-order valence-electron chi connectivity index (χ1n) is 8.80. The van der Waals surface area contributed by atoms with Gasteiger partial charge >= 0.3 is 0 Å². The Morgan fingerprint density at radius 2 is 2.00 bits per heavy atom. The summed E-state index contributed by atoms with van der Waals surface area (Å²) in [5.74, 6) is 0.949. The van der Waals surface area contributed by atoms with Gasteiger partial charge in [-0.1, -0.05) is 12.1 Å². The van der Waals surface area contributed by atoms with Crippen LogP contribution in [-0.2, 0) is 4.79 Å². The number of benzene rings is 2. The minimum Gasteiger partial charge on any atom is -0.504 e. The molecule has 1 amide bonds. The standard InChI is InChI=1S/C21H22N4O3/c1-13(15-5-4-6-17(9-15)24-14(2)26)23-21-12-22-11-18(25-21)16-7-8-19(27)20(10-16)28-3/h4-13,27H,1-3H3,(H,23,25)(H,24,26)/t13-/m1/s1. The van der Waals surface area contributed by atoms with Gasteiger partial charge in [-0.25, -0.2) is 4.98 Å². The summed E-state index contributed by atoms with van der Waals surface area (Å²) in [4.78, 5) is 20.1. The average Bonchev–Trinajstić information content (AvgIpc) is 2.68. The van der Waals surface area contributed by atoms with Gasteiger partial charge in [0.1, 0.15) is 5.82 Å². The Bertz CT molecular complexity index is 991. The summed E-state index contributed by atoms with van der Waals surface area (Å²) in [6.45, 7) is 3.48. The lowest BCUT2D eigenvalue weighted by Crippen LogP contribution is -2.10. The molecule has 28 heavy (non-hydrogen) atoms. The van der Waals surface area contributed by atoms with Crippen molar-refractivity contribution in [2.75, 3.05) is 17.7 Å². The summed E-state index contributed by atoms with van der Waals surface area (Å²) in [7, 11) is 1.50. The minimum atomic E-state index is -0.111. The molecule has 1 aromatic heterocycles. The van der Waals surface area contributed by atoms with E-state index in [0.717, 1.165) is 16.8 Å². The number of aromatic nitrogens is 2. The molecule has 0 aliphatic rings. The van der Waals surface area contributed by atoms with E-state index >= 15 is 0 Å². The SMILES string of the molecule is COc1cc(-c2cncc(N[C@H](C)c3cccc(NC(C)=O)c3)n2)ccc1O. The zero-order valence-corrected chi connectivity index (χ0v) is 15.9. The van der Waals surface area contributed by atoms with E-state index in [-0.39, 0.29) is 17.7 Å². The smallest absolute Gasteiger partial charge is 0.221 e. The highest BCUT2D eigenvalue weighted by atomic mass is 16.5. The number of nitrogens with zero attached hydrogens (tertiary/aromatic N) is 2. The molecule has 1 atom stereocenters. The highest BCUT2D eigenvalue weighted by Crippen LogP contribution is 2.31. The molecule has 1 heterocycles. The van der Waals surface area contributed by atoms with Crippen molar-refractivity contribution in [3.05, 3.63) is 60.4 Å². The Morgan fingerprint density at radius 3 is 2.75 bits per heavy atom. The van der Waals surface area contributed by atoms with Crippen molar-refractivity contribution in [2.24, 2.45) is 0 Å². The first-order chi connectivity index (χ1) is 13.5. The molecular weight excluding hydrogens is 356 g/mol. The maximum Gasteiger partial charge on any atom is 0.221 e. The van der Waals surface area contributed by atoms with Crippen molar-refractivity contribution >= 4 is 17.4 Å². The summed E-state index contributed by atoms with van der Waals surface area (Å²) in [6.07, 6.45) is 3.30. The summed E-state index contributed by atoms with van der Waals surface area (Å²) < 4.78 is 5.15. The van der Waals surface area contributed by atoms with Gasteiger partial charge in [0, 0.05) is 18.2 Å². The molecule has 0 aliphatic carbocycles. The largest absolute Gasteiger partial charge is 0.504 e. The fraction of sp³-hybridized carbons (Fsp3) is 0.190. The van der Waals surface area contributed by atoms with Gasteiger partial charge in [0.15, 0.2) is 11.5 Å². The van der Waals surface area contributed by atoms with Crippen molar-refractivity contribution < 1.29 is 14.6 Å². The lowest BCUT2D eigenvalue weighted by atomic mass is 10.1. The van der Waals surface area contributed by atoms with E-state index in [1.165, 1.54) is 14.0 Å². The highest BCUT2D eigenvalue weighted by Gasteiger charge is 2.10. The van der Waals surface area contributed by atoms with Crippen molar-refractivity contribution in [2.45, 2.75) is 19.9 Å². The monoisotopic (exact) mass is 378 g/mol. The van der Waals surface area contributed by atoms with Crippen LogP contribution in [0.25, 0.3) is 11.3 Å². The van der Waals surface area contributed by atoms with E-state index in [2.05, 4.69) is 20.6 Å². The van der Waals surface area contributed by atoms with Crippen molar-refractivity contribution in [1.29, 1.82) is 0 Å². The van der Waals surface area contributed by atoms with Gasteiger partial charge in [-0.05, 0) is 42.8 Å². The minimum absolute atomic E-state index is 0.0485. The number of hydrogen-bond acceptors (Lipinski definition) is 6. The lowest BCUT2D eigenvalue weighted by Gasteiger charge is -2.16. The number of phenols is 1. The van der Waals surface area contributed by atoms with E-state index in [0.29, 0.717) is 17.3 Å². The fourth-order valence-corrected chi connectivity index (χ4v) is 2.81. The predicted octanol–water partition coefficient (Wildman–Crippen LogP) is 3.99. The molecule has 144 valence electrons. The molecule has 7 heteroatoms. The molecular formula is C21H22N4O3. The van der Waals surface area contributed by atoms with Gasteiger partial charge in [0.25, 0.3) is 0 Å². The third-order valence-electron chi connectivity index (χ3n) is 4.18. The van der Waals surface area contributed by atoms with Gasteiger partial charge < -0.3 is 20.5 Å². The van der Waals surface area contributed by atoms with Gasteiger partial charge in [0.05, 0.1) is 31.2 Å². The van der Waals surface area contributed by atoms with E-state index in [1.54, 1.807) is 30.6 Å². The average molecular weight is 378 g/mol. The number of ether oxygens (including phenoxy) is 1. The zero-order valence-electron chi connectivity index (χ0n) is 15.9. The number of carbonyl (C=O) groups excluding carboxylic acids is 1. The molecule has 0 radical (unpaired) electrons. The third-order valence-corrected chi connectivity index (χ3v) is 4.18. The molecule has 0 unspecified atom stereocenters. The van der Waals surface area contributed by atoms with Crippen LogP contribution in [-0.4, -0.2) is 28.1 Å². The first-order valence-corrected chi connectivity index (χ1v) is 8.80. The number of rotatable bonds is 6. The van der Waals surface area contributed by atoms with Crippen LogP contribution in [0.5, 0.6) is 11.5 Å². The van der Waals surface area contributed by atoms with Crippen molar-refractivity contribution in [3.8, 4) is 22.8 Å². The first kappa shape index (κ1) is 19.2. The second kappa shape index (κ2) is 8.39. The van der Waals surface area contributed by atoms with E-state index in [1.807, 2.05) is 31.2 Å². The van der Waals surface area contributed by atoms with Crippen LogP contribution in [0.2, 0.25) is 0 Å². The highest BCUT2D eigenvalue weighted by molar-refractivity contribution is 5.88. The van der Waals surface area contributed by atoms with E-state index in [9.17, 15) is 9.90 Å². The second-order valence-corrected chi connectivity index (χ2v) is 6.35. The zero-order chi connectivity index (χ0) is 20.1. The van der Waals surface area contributed by atoms with Crippen LogP contribution in [0.1, 0.15) is 25.5 Å². The Balaban J connectivity index is 1.80. The number of anilines is 2. The number of nitrogens with one attached hydrogen (secondary N) is 2. The van der Waals surface area contributed by atoms with Gasteiger partial charge in [-0.3, -0.25) is 9.78 Å². The number of carbonyl (C=O) groups is 1. The van der Waals surface area contributed by atoms with E-state index in [4.69, 9.17) is 4.74 Å². The lowest BCUT2D eigenvalue weighted by molar-refractivity contribution is -0.114. The number of amides is 1. The number of aromatic hydroxyl groups is 1. The van der Waals surface area contributed by atoms with Gasteiger partial charge in [0.2, 0.25) is 5.91 Å². The van der Waals surface area contributed by atoms with Crippen LogP contribution in [0.4, 0.5) is 11.5 Å². The number of hydrogen-bond donors (Lipinski definition) is 3. The predicted molar refractivity (Wildman–Crippen MR) is 108 cm³/mol. The summed E-state index contributed by atoms with van der Waals surface area (Å²) >= 11 is 0. The molecule has 2 aromatic carbocycles. The second-order valence-electron chi connectivity index (χ2n) is 6.35. The summed E-state index contributed by atoms with van der Waals surface area (Å²) in [6, 6.07) is 12.6. The molecule has 7 nitrogen and oxygen atoms in total. The Hall–Kier alpha value is -3.61. The molecule has 0 spiro atoms. The molecule has 0 saturated carbocycles. The van der Waals surface area contributed by atoms with Gasteiger partial charge in [-0.2, -0.15) is 0 Å². The quantitative estimate of drug-likeness (QED) is 0.600. The van der Waals surface area contributed by atoms with Gasteiger partial charge in [-0.15, -0.1) is 0 Å². The Kier molecular flexibility index (Phi) is 5.74. The van der Waals surface area contributed by atoms with Crippen molar-refractivity contribution in [3.63, 3.8) is 0 Å². The van der Waals surface area contributed by atoms with E-state index < -0.39 is 0 Å². The van der Waals surface area contributed by atoms with Crippen LogP contribution < -0.4 is 15.4 Å². The molecule has 0 aliphatic heterocycles. The molecule has 0 saturated heterocycles. The number of methoxy groups -OCH3 is 1. The molecule has 0 bridgehead atoms. The number of phenolic OH excluding ortho intramolecular Hbond substituents is 1. The maximum absolute atomic E-state index is 11.3. The Morgan fingerprint density at radius 1 is 1.18 bits per heavy atom.